The number of anilines is 2. The summed E-state index contributed by atoms with van der Waals surface area (Å²) >= 11 is 0. The molecule has 116 valence electrons. The molecule has 6 heteroatoms. The molecule has 1 amide bonds. The highest BCUT2D eigenvalue weighted by Crippen LogP contribution is 2.27. The van der Waals surface area contributed by atoms with Gasteiger partial charge in [0.1, 0.15) is 5.75 Å². The number of carbonyl (C=O) groups excluding carboxylic acids is 1. The van der Waals surface area contributed by atoms with Gasteiger partial charge in [0.25, 0.3) is 0 Å². The van der Waals surface area contributed by atoms with Gasteiger partial charge in [-0.2, -0.15) is 0 Å². The molecule has 0 spiro atoms. The fourth-order valence-corrected chi connectivity index (χ4v) is 2.39. The summed E-state index contributed by atoms with van der Waals surface area (Å²) in [5.74, 6) is 0.857. The Balaban J connectivity index is 1.93. The van der Waals surface area contributed by atoms with Gasteiger partial charge in [-0.1, -0.05) is 0 Å². The van der Waals surface area contributed by atoms with E-state index < -0.39 is 0 Å². The number of methoxy groups -OCH3 is 1. The summed E-state index contributed by atoms with van der Waals surface area (Å²) in [7, 11) is 5.21. The highest BCUT2D eigenvalue weighted by Gasteiger charge is 2.20. The smallest absolute Gasteiger partial charge is 0.236 e. The Morgan fingerprint density at radius 3 is 2.52 bits per heavy atom. The van der Waals surface area contributed by atoms with Crippen LogP contribution in [0.2, 0.25) is 0 Å². The number of hydrogen-bond donors (Lipinski definition) is 1. The van der Waals surface area contributed by atoms with Crippen molar-refractivity contribution in [2.24, 2.45) is 0 Å². The van der Waals surface area contributed by atoms with Crippen LogP contribution in [0.4, 0.5) is 11.4 Å². The first-order chi connectivity index (χ1) is 10.0. The maximum Gasteiger partial charge on any atom is 0.236 e. The number of nitrogens with zero attached hydrogens (tertiary/aromatic N) is 3. The van der Waals surface area contributed by atoms with Gasteiger partial charge in [-0.15, -0.1) is 0 Å². The zero-order chi connectivity index (χ0) is 15.4. The lowest BCUT2D eigenvalue weighted by Gasteiger charge is -2.36. The normalized spacial score (nSPS) is 15.9. The number of rotatable bonds is 4. The van der Waals surface area contributed by atoms with Crippen LogP contribution < -0.4 is 15.4 Å². The van der Waals surface area contributed by atoms with Crippen LogP contribution in [-0.4, -0.2) is 69.6 Å². The molecule has 2 N–H and O–H groups in total. The average molecular weight is 292 g/mol. The zero-order valence-corrected chi connectivity index (χ0v) is 13.0. The van der Waals surface area contributed by atoms with Crippen molar-refractivity contribution >= 4 is 17.3 Å². The van der Waals surface area contributed by atoms with Gasteiger partial charge in [0.05, 0.1) is 19.3 Å². The minimum atomic E-state index is 0.151. The SMILES string of the molecule is COc1cc(N2CCN(CC(=O)N(C)C)CC2)ccc1N. The Kier molecular flexibility index (Phi) is 4.90. The first kappa shape index (κ1) is 15.4. The summed E-state index contributed by atoms with van der Waals surface area (Å²) < 4.78 is 5.26. The van der Waals surface area contributed by atoms with Crippen molar-refractivity contribution in [3.05, 3.63) is 18.2 Å². The van der Waals surface area contributed by atoms with Gasteiger partial charge >= 0.3 is 0 Å². The molecule has 1 aliphatic rings. The van der Waals surface area contributed by atoms with Crippen molar-refractivity contribution in [3.63, 3.8) is 0 Å². The van der Waals surface area contributed by atoms with Crippen LogP contribution in [0, 0.1) is 0 Å². The molecule has 21 heavy (non-hydrogen) atoms. The van der Waals surface area contributed by atoms with Crippen LogP contribution in [-0.2, 0) is 4.79 Å². The second kappa shape index (κ2) is 6.67. The third kappa shape index (κ3) is 3.78. The minimum absolute atomic E-state index is 0.151. The van der Waals surface area contributed by atoms with E-state index in [1.807, 2.05) is 18.2 Å². The molecule has 0 unspecified atom stereocenters. The Morgan fingerprint density at radius 2 is 1.95 bits per heavy atom. The predicted octanol–water partition coefficient (Wildman–Crippen LogP) is 0.488. The van der Waals surface area contributed by atoms with Gasteiger partial charge in [0, 0.05) is 52.0 Å². The zero-order valence-electron chi connectivity index (χ0n) is 13.0. The fraction of sp³-hybridized carbons (Fsp3) is 0.533. The van der Waals surface area contributed by atoms with Crippen molar-refractivity contribution in [1.29, 1.82) is 0 Å². The van der Waals surface area contributed by atoms with E-state index in [2.05, 4.69) is 9.80 Å². The molecule has 0 aliphatic carbocycles. The molecule has 2 rings (SSSR count). The van der Waals surface area contributed by atoms with Gasteiger partial charge in [-0.3, -0.25) is 9.69 Å². The summed E-state index contributed by atoms with van der Waals surface area (Å²) in [6, 6.07) is 5.85. The largest absolute Gasteiger partial charge is 0.495 e. The van der Waals surface area contributed by atoms with Gasteiger partial charge in [0.2, 0.25) is 5.91 Å². The molecule has 0 aromatic heterocycles. The van der Waals surface area contributed by atoms with Crippen LogP contribution in [0.15, 0.2) is 18.2 Å². The molecule has 0 atom stereocenters. The minimum Gasteiger partial charge on any atom is -0.495 e. The molecule has 1 saturated heterocycles. The molecule has 6 nitrogen and oxygen atoms in total. The van der Waals surface area contributed by atoms with Crippen LogP contribution >= 0.6 is 0 Å². The fourth-order valence-electron chi connectivity index (χ4n) is 2.39. The standard InChI is InChI=1S/C15H24N4O2/c1-17(2)15(20)11-18-6-8-19(9-7-18)12-4-5-13(16)14(10-12)21-3/h4-5,10H,6-9,11,16H2,1-3H3. The molecular weight excluding hydrogens is 268 g/mol. The van der Waals surface area contributed by atoms with Crippen LogP contribution in [0.3, 0.4) is 0 Å². The van der Waals surface area contributed by atoms with Gasteiger partial charge < -0.3 is 20.3 Å². The Morgan fingerprint density at radius 1 is 1.29 bits per heavy atom. The topological polar surface area (TPSA) is 62.0 Å². The molecule has 1 aliphatic heterocycles. The summed E-state index contributed by atoms with van der Waals surface area (Å²) in [5, 5.41) is 0. The first-order valence-electron chi connectivity index (χ1n) is 7.12. The number of carbonyl (C=O) groups is 1. The Labute approximate surface area is 126 Å². The van der Waals surface area contributed by atoms with Crippen molar-refractivity contribution < 1.29 is 9.53 Å². The number of ether oxygens (including phenoxy) is 1. The molecule has 1 aromatic carbocycles. The summed E-state index contributed by atoms with van der Waals surface area (Å²) in [6.07, 6.45) is 0. The number of nitrogen functional groups attached to an aromatic ring is 1. The third-order valence-electron chi connectivity index (χ3n) is 3.81. The van der Waals surface area contributed by atoms with Crippen molar-refractivity contribution in [1.82, 2.24) is 9.80 Å². The second-order valence-corrected chi connectivity index (χ2v) is 5.48. The van der Waals surface area contributed by atoms with E-state index in [1.165, 1.54) is 0 Å². The Hall–Kier alpha value is -1.95. The van der Waals surface area contributed by atoms with Gasteiger partial charge in [0.15, 0.2) is 0 Å². The summed E-state index contributed by atoms with van der Waals surface area (Å²) in [4.78, 5) is 17.8. The number of piperazine rings is 1. The quantitative estimate of drug-likeness (QED) is 0.818. The van der Waals surface area contributed by atoms with E-state index >= 15 is 0 Å². The lowest BCUT2D eigenvalue weighted by molar-refractivity contribution is -0.129. The van der Waals surface area contributed by atoms with E-state index in [-0.39, 0.29) is 5.91 Å². The maximum atomic E-state index is 11.7. The molecule has 0 saturated carbocycles. The lowest BCUT2D eigenvalue weighted by Crippen LogP contribution is -2.49. The van der Waals surface area contributed by atoms with Crippen molar-refractivity contribution in [3.8, 4) is 5.75 Å². The lowest BCUT2D eigenvalue weighted by atomic mass is 10.2. The average Bonchev–Trinajstić information content (AvgIpc) is 2.48. The second-order valence-electron chi connectivity index (χ2n) is 5.48. The molecule has 1 heterocycles. The van der Waals surface area contributed by atoms with Gasteiger partial charge in [-0.25, -0.2) is 0 Å². The van der Waals surface area contributed by atoms with Crippen molar-refractivity contribution in [2.75, 3.05) is 64.6 Å². The molecule has 1 aromatic rings. The van der Waals surface area contributed by atoms with Gasteiger partial charge in [-0.05, 0) is 12.1 Å². The monoisotopic (exact) mass is 292 g/mol. The molecule has 0 bridgehead atoms. The highest BCUT2D eigenvalue weighted by molar-refractivity contribution is 5.77. The number of nitrogens with two attached hydrogens (primary N) is 1. The Bertz CT molecular complexity index is 496. The molecule has 0 radical (unpaired) electrons. The van der Waals surface area contributed by atoms with Crippen LogP contribution in [0.1, 0.15) is 0 Å². The van der Waals surface area contributed by atoms with E-state index in [4.69, 9.17) is 10.5 Å². The summed E-state index contributed by atoms with van der Waals surface area (Å²) in [5.41, 5.74) is 7.60. The van der Waals surface area contributed by atoms with E-state index in [9.17, 15) is 4.79 Å². The van der Waals surface area contributed by atoms with E-state index in [1.54, 1.807) is 26.1 Å². The highest BCUT2D eigenvalue weighted by atomic mass is 16.5. The third-order valence-corrected chi connectivity index (χ3v) is 3.81. The number of benzene rings is 1. The van der Waals surface area contributed by atoms with Crippen LogP contribution in [0.25, 0.3) is 0 Å². The summed E-state index contributed by atoms with van der Waals surface area (Å²) in [6.45, 7) is 4.05. The molecular formula is C15H24N4O2. The number of hydrogen-bond acceptors (Lipinski definition) is 5. The van der Waals surface area contributed by atoms with E-state index in [0.717, 1.165) is 31.9 Å². The van der Waals surface area contributed by atoms with Crippen LogP contribution in [0.5, 0.6) is 5.75 Å². The molecule has 1 fully saturated rings. The van der Waals surface area contributed by atoms with E-state index in [0.29, 0.717) is 18.0 Å². The van der Waals surface area contributed by atoms with Crippen molar-refractivity contribution in [2.45, 2.75) is 0 Å². The number of likely N-dealkylation sites (N-methyl/N-ethyl adjacent to an activating group) is 1. The first-order valence-corrected chi connectivity index (χ1v) is 7.12. The predicted molar refractivity (Wildman–Crippen MR) is 84.8 cm³/mol. The number of amides is 1. The maximum absolute atomic E-state index is 11.7.